The van der Waals surface area contributed by atoms with Crippen LogP contribution in [0.2, 0.25) is 0 Å². The molecule has 0 bridgehead atoms. The molecule has 0 spiro atoms. The first-order valence-electron chi connectivity index (χ1n) is 10.4. The van der Waals surface area contributed by atoms with Crippen molar-refractivity contribution < 1.29 is 9.90 Å². The minimum atomic E-state index is -2.96. The van der Waals surface area contributed by atoms with Crippen molar-refractivity contribution in [1.29, 1.82) is 0 Å². The first kappa shape index (κ1) is 22.7. The second-order valence-electron chi connectivity index (χ2n) is 8.26. The van der Waals surface area contributed by atoms with Crippen molar-refractivity contribution in [3.63, 3.8) is 0 Å². The molecule has 3 aromatic carbocycles. The fourth-order valence-corrected chi connectivity index (χ4v) is 11.8. The molecular formula is C26H30BrO2P. The van der Waals surface area contributed by atoms with Gasteiger partial charge in [0, 0.05) is 0 Å². The SMILES string of the molecule is Cc1ccc(P(Br)(CCCCC(=O)O)(c2ccc(C)cc2)c2ccc(C)cc2)cc1. The number of aliphatic carboxylic acids is 1. The first-order chi connectivity index (χ1) is 14.2. The molecular weight excluding hydrogens is 455 g/mol. The van der Waals surface area contributed by atoms with E-state index in [1.165, 1.54) is 32.6 Å². The van der Waals surface area contributed by atoms with Crippen molar-refractivity contribution in [3.8, 4) is 0 Å². The van der Waals surface area contributed by atoms with Gasteiger partial charge in [0.25, 0.3) is 0 Å². The average molecular weight is 485 g/mol. The zero-order valence-electron chi connectivity index (χ0n) is 17.9. The van der Waals surface area contributed by atoms with Crippen LogP contribution < -0.4 is 15.9 Å². The average Bonchev–Trinajstić information content (AvgIpc) is 2.72. The van der Waals surface area contributed by atoms with E-state index in [1.54, 1.807) is 0 Å². The van der Waals surface area contributed by atoms with Crippen LogP contribution in [0, 0.1) is 20.8 Å². The van der Waals surface area contributed by atoms with Gasteiger partial charge >= 0.3 is 188 Å². The predicted octanol–water partition coefficient (Wildman–Crippen LogP) is 6.01. The van der Waals surface area contributed by atoms with Crippen molar-refractivity contribution in [1.82, 2.24) is 0 Å². The number of carboxylic acid groups (broad SMARTS) is 1. The number of carboxylic acids is 1. The summed E-state index contributed by atoms with van der Waals surface area (Å²) in [6.45, 7) is 6.33. The Hall–Kier alpha value is -1.96. The molecule has 0 aliphatic heterocycles. The molecule has 1 N–H and O–H groups in total. The fraction of sp³-hybridized carbons (Fsp3) is 0.269. The van der Waals surface area contributed by atoms with Crippen molar-refractivity contribution in [2.75, 3.05) is 6.16 Å². The zero-order chi connectivity index (χ0) is 21.8. The summed E-state index contributed by atoms with van der Waals surface area (Å²) in [5.41, 5.74) is 3.69. The molecule has 0 atom stereocenters. The van der Waals surface area contributed by atoms with Crippen LogP contribution in [0.5, 0.6) is 0 Å². The molecule has 158 valence electrons. The van der Waals surface area contributed by atoms with Crippen LogP contribution in [0.25, 0.3) is 0 Å². The van der Waals surface area contributed by atoms with Crippen LogP contribution in [0.4, 0.5) is 0 Å². The number of carbonyl (C=O) groups is 1. The van der Waals surface area contributed by atoms with E-state index in [0.717, 1.165) is 12.6 Å². The number of halogens is 1. The number of hydrogen-bond acceptors (Lipinski definition) is 1. The summed E-state index contributed by atoms with van der Waals surface area (Å²) in [6, 6.07) is 26.6. The Morgan fingerprint density at radius 2 is 1.03 bits per heavy atom. The molecule has 30 heavy (non-hydrogen) atoms. The van der Waals surface area contributed by atoms with Gasteiger partial charge in [-0.15, -0.1) is 0 Å². The van der Waals surface area contributed by atoms with Crippen molar-refractivity contribution in [2.24, 2.45) is 0 Å². The van der Waals surface area contributed by atoms with E-state index in [4.69, 9.17) is 5.11 Å². The van der Waals surface area contributed by atoms with Crippen LogP contribution in [-0.4, -0.2) is 17.2 Å². The Balaban J connectivity index is 2.26. The number of benzene rings is 3. The van der Waals surface area contributed by atoms with E-state index in [2.05, 4.69) is 109 Å². The third-order valence-electron chi connectivity index (χ3n) is 5.94. The first-order valence-corrected chi connectivity index (χ1v) is 14.8. The van der Waals surface area contributed by atoms with Crippen LogP contribution >= 0.6 is 20.8 Å². The van der Waals surface area contributed by atoms with Gasteiger partial charge in [0.15, 0.2) is 0 Å². The van der Waals surface area contributed by atoms with Gasteiger partial charge in [0.05, 0.1) is 0 Å². The molecule has 0 amide bonds. The molecule has 3 aromatic rings. The van der Waals surface area contributed by atoms with Gasteiger partial charge in [0.1, 0.15) is 0 Å². The molecule has 0 radical (unpaired) electrons. The maximum atomic E-state index is 11.1. The van der Waals surface area contributed by atoms with Gasteiger partial charge in [-0.1, -0.05) is 0 Å². The molecule has 2 nitrogen and oxygen atoms in total. The maximum absolute atomic E-state index is 11.1. The summed E-state index contributed by atoms with van der Waals surface area (Å²) in [4.78, 5) is 11.1. The molecule has 0 unspecified atom stereocenters. The van der Waals surface area contributed by atoms with E-state index in [1.807, 2.05) is 0 Å². The quantitative estimate of drug-likeness (QED) is 0.314. The molecule has 3 rings (SSSR count). The van der Waals surface area contributed by atoms with Gasteiger partial charge in [-0.25, -0.2) is 0 Å². The summed E-state index contributed by atoms with van der Waals surface area (Å²) < 4.78 is 0. The second-order valence-corrected chi connectivity index (χ2v) is 17.3. The Bertz CT molecular complexity index is 895. The van der Waals surface area contributed by atoms with Crippen molar-refractivity contribution in [3.05, 3.63) is 89.5 Å². The van der Waals surface area contributed by atoms with Gasteiger partial charge in [-0.2, -0.15) is 0 Å². The van der Waals surface area contributed by atoms with Crippen molar-refractivity contribution >= 4 is 42.7 Å². The van der Waals surface area contributed by atoms with Crippen LogP contribution in [0.15, 0.2) is 72.8 Å². The number of aryl methyl sites for hydroxylation is 3. The Morgan fingerprint density at radius 1 is 0.700 bits per heavy atom. The topological polar surface area (TPSA) is 37.3 Å². The fourth-order valence-electron chi connectivity index (χ4n) is 4.09. The second kappa shape index (κ2) is 9.04. The van der Waals surface area contributed by atoms with Crippen LogP contribution in [0.3, 0.4) is 0 Å². The molecule has 0 aliphatic rings. The van der Waals surface area contributed by atoms with Crippen molar-refractivity contribution in [2.45, 2.75) is 40.0 Å². The summed E-state index contributed by atoms with van der Waals surface area (Å²) in [5.74, 6) is -0.731. The van der Waals surface area contributed by atoms with E-state index < -0.39 is 11.3 Å². The normalized spacial score (nSPS) is 12.9. The number of unbranched alkanes of at least 4 members (excludes halogenated alkanes) is 1. The summed E-state index contributed by atoms with van der Waals surface area (Å²) in [7, 11) is 0. The van der Waals surface area contributed by atoms with Gasteiger partial charge in [-0.05, 0) is 0 Å². The van der Waals surface area contributed by atoms with E-state index in [9.17, 15) is 4.79 Å². The third kappa shape index (κ3) is 4.38. The van der Waals surface area contributed by atoms with Gasteiger partial charge < -0.3 is 0 Å². The van der Waals surface area contributed by atoms with E-state index >= 15 is 0 Å². The Labute approximate surface area is 188 Å². The third-order valence-corrected chi connectivity index (χ3v) is 16.0. The van der Waals surface area contributed by atoms with E-state index in [0.29, 0.717) is 6.42 Å². The molecule has 0 saturated heterocycles. The Kier molecular flexibility index (Phi) is 6.84. The molecule has 0 fully saturated rings. The van der Waals surface area contributed by atoms with Gasteiger partial charge in [-0.3, -0.25) is 0 Å². The molecule has 0 saturated carbocycles. The summed E-state index contributed by atoms with van der Waals surface area (Å²) in [6.07, 6.45) is 2.59. The number of hydrogen-bond donors (Lipinski definition) is 1. The minimum absolute atomic E-state index is 0.204. The standard InChI is InChI=1S/C26H30BrO2P/c1-20-7-13-23(14-8-20)30(27,19-5-4-6-26(28)29,24-15-9-21(2)10-16-24)25-17-11-22(3)12-18-25/h7-18H,4-6,19H2,1-3H3,(H,28,29). The molecule has 0 heterocycles. The van der Waals surface area contributed by atoms with E-state index in [-0.39, 0.29) is 6.42 Å². The molecule has 0 aliphatic carbocycles. The molecule has 4 heteroatoms. The predicted molar refractivity (Wildman–Crippen MR) is 135 cm³/mol. The molecule has 0 aromatic heterocycles. The number of rotatable bonds is 8. The van der Waals surface area contributed by atoms with Crippen LogP contribution in [-0.2, 0) is 4.79 Å². The summed E-state index contributed by atoms with van der Waals surface area (Å²) >= 11 is 4.44. The monoisotopic (exact) mass is 484 g/mol. The van der Waals surface area contributed by atoms with Gasteiger partial charge in [0.2, 0.25) is 0 Å². The van der Waals surface area contributed by atoms with Crippen LogP contribution in [0.1, 0.15) is 36.0 Å². The Morgan fingerprint density at radius 3 is 1.33 bits per heavy atom. The zero-order valence-corrected chi connectivity index (χ0v) is 20.4. The summed E-state index contributed by atoms with van der Waals surface area (Å²) in [5, 5.41) is 10.0.